The maximum atomic E-state index is 12.6. The van der Waals surface area contributed by atoms with Gasteiger partial charge in [0, 0.05) is 52.9 Å². The molecule has 0 unspecified atom stereocenters. The summed E-state index contributed by atoms with van der Waals surface area (Å²) in [5.41, 5.74) is 4.06. The minimum atomic E-state index is -3.66. The number of fused-ring (bicyclic) bond motifs is 3. The van der Waals surface area contributed by atoms with Crippen LogP contribution >= 0.6 is 11.6 Å². The van der Waals surface area contributed by atoms with Gasteiger partial charge in [-0.05, 0) is 54.6 Å². The van der Waals surface area contributed by atoms with Crippen molar-refractivity contribution in [3.8, 4) is 11.3 Å². The van der Waals surface area contributed by atoms with Gasteiger partial charge in [0.2, 0.25) is 21.9 Å². The van der Waals surface area contributed by atoms with E-state index in [0.717, 1.165) is 11.3 Å². The van der Waals surface area contributed by atoms with Crippen molar-refractivity contribution in [2.45, 2.75) is 17.7 Å². The van der Waals surface area contributed by atoms with Crippen LogP contribution in [-0.4, -0.2) is 35.8 Å². The highest BCUT2D eigenvalue weighted by Crippen LogP contribution is 2.34. The van der Waals surface area contributed by atoms with Gasteiger partial charge >= 0.3 is 0 Å². The molecule has 2 aromatic heterocycles. The summed E-state index contributed by atoms with van der Waals surface area (Å²) in [4.78, 5) is 25.6. The molecule has 11 heteroatoms. The molecular weight excluding hydrogens is 500 g/mol. The van der Waals surface area contributed by atoms with E-state index in [0.29, 0.717) is 40.0 Å². The van der Waals surface area contributed by atoms with Crippen molar-refractivity contribution in [1.82, 2.24) is 19.7 Å². The van der Waals surface area contributed by atoms with Gasteiger partial charge in [0.1, 0.15) is 0 Å². The molecule has 0 radical (unpaired) electrons. The fraction of sp³-hybridized carbons (Fsp3) is 0.120. The molecule has 0 saturated heterocycles. The lowest BCUT2D eigenvalue weighted by Crippen LogP contribution is -2.26. The normalized spacial score (nSPS) is 12.8. The zero-order valence-electron chi connectivity index (χ0n) is 18.9. The Morgan fingerprint density at radius 3 is 2.64 bits per heavy atom. The standard InChI is InChI=1S/C25H21ClN6O3S/c26-17-4-9-21-22(14-17)31-23(33)13-16-15-28-25(32-24(16)21)30-19-5-7-20(8-6-19)36(34,35)29-12-10-18-3-1-2-11-27-18/h1-9,11,14-15,29H,10,12-13H2,(H,31,33)(H,28,30,32). The third kappa shape index (κ3) is 5.35. The van der Waals surface area contributed by atoms with Crippen molar-refractivity contribution in [1.29, 1.82) is 0 Å². The van der Waals surface area contributed by atoms with E-state index in [-0.39, 0.29) is 23.8 Å². The molecule has 4 aromatic rings. The van der Waals surface area contributed by atoms with Crippen LogP contribution in [0.4, 0.5) is 17.3 Å². The molecule has 1 aliphatic rings. The van der Waals surface area contributed by atoms with Crippen LogP contribution in [0, 0.1) is 0 Å². The second kappa shape index (κ2) is 10.0. The summed E-state index contributed by atoms with van der Waals surface area (Å²) < 4.78 is 27.9. The lowest BCUT2D eigenvalue weighted by molar-refractivity contribution is -0.115. The highest BCUT2D eigenvalue weighted by Gasteiger charge is 2.21. The first kappa shape index (κ1) is 23.9. The minimum absolute atomic E-state index is 0.141. The quantitative estimate of drug-likeness (QED) is 0.337. The van der Waals surface area contributed by atoms with Crippen molar-refractivity contribution in [2.24, 2.45) is 0 Å². The molecule has 0 spiro atoms. The van der Waals surface area contributed by atoms with Gasteiger partial charge in [-0.1, -0.05) is 17.7 Å². The van der Waals surface area contributed by atoms with Crippen molar-refractivity contribution in [3.05, 3.63) is 89.3 Å². The molecule has 5 rings (SSSR count). The minimum Gasteiger partial charge on any atom is -0.325 e. The lowest BCUT2D eigenvalue weighted by atomic mass is 10.1. The number of carbonyl (C=O) groups excluding carboxylic acids is 1. The molecule has 0 atom stereocenters. The Hall–Kier alpha value is -3.86. The number of nitrogens with zero attached hydrogens (tertiary/aromatic N) is 3. The van der Waals surface area contributed by atoms with E-state index in [9.17, 15) is 13.2 Å². The summed E-state index contributed by atoms with van der Waals surface area (Å²) in [6.45, 7) is 0.242. The van der Waals surface area contributed by atoms with Crippen LogP contribution in [0.15, 0.2) is 78.0 Å². The summed E-state index contributed by atoms with van der Waals surface area (Å²) in [5, 5.41) is 6.45. The number of halogens is 1. The number of rotatable bonds is 7. The summed E-state index contributed by atoms with van der Waals surface area (Å²) in [7, 11) is -3.66. The van der Waals surface area contributed by atoms with Crippen LogP contribution in [-0.2, 0) is 27.7 Å². The van der Waals surface area contributed by atoms with Crippen molar-refractivity contribution in [2.75, 3.05) is 17.2 Å². The van der Waals surface area contributed by atoms with Crippen molar-refractivity contribution < 1.29 is 13.2 Å². The van der Waals surface area contributed by atoms with E-state index in [1.54, 1.807) is 42.7 Å². The zero-order valence-corrected chi connectivity index (χ0v) is 20.5. The van der Waals surface area contributed by atoms with Gasteiger partial charge in [-0.3, -0.25) is 9.78 Å². The van der Waals surface area contributed by atoms with Crippen LogP contribution in [0.1, 0.15) is 11.3 Å². The van der Waals surface area contributed by atoms with Crippen LogP contribution in [0.25, 0.3) is 11.3 Å². The monoisotopic (exact) mass is 520 g/mol. The molecule has 0 aliphatic carbocycles. The van der Waals surface area contributed by atoms with Crippen LogP contribution in [0.2, 0.25) is 5.02 Å². The summed E-state index contributed by atoms with van der Waals surface area (Å²) in [6, 6.07) is 17.0. The molecule has 0 bridgehead atoms. The topological polar surface area (TPSA) is 126 Å². The number of benzene rings is 2. The smallest absolute Gasteiger partial charge is 0.240 e. The van der Waals surface area contributed by atoms with Crippen LogP contribution in [0.3, 0.4) is 0 Å². The van der Waals surface area contributed by atoms with Crippen LogP contribution in [0.5, 0.6) is 0 Å². The predicted octanol–water partition coefficient (Wildman–Crippen LogP) is 3.95. The third-order valence-corrected chi connectivity index (χ3v) is 7.26. The van der Waals surface area contributed by atoms with E-state index in [4.69, 9.17) is 11.6 Å². The van der Waals surface area contributed by atoms with Gasteiger partial charge in [-0.15, -0.1) is 0 Å². The van der Waals surface area contributed by atoms with Gasteiger partial charge in [0.25, 0.3) is 0 Å². The van der Waals surface area contributed by atoms with Gasteiger partial charge < -0.3 is 10.6 Å². The van der Waals surface area contributed by atoms with E-state index in [2.05, 4.69) is 30.3 Å². The average Bonchev–Trinajstić information content (AvgIpc) is 2.99. The average molecular weight is 521 g/mol. The predicted molar refractivity (Wildman–Crippen MR) is 138 cm³/mol. The molecule has 3 heterocycles. The molecule has 1 amide bonds. The highest BCUT2D eigenvalue weighted by molar-refractivity contribution is 7.89. The van der Waals surface area contributed by atoms with E-state index in [1.807, 2.05) is 18.2 Å². The number of nitrogens with one attached hydrogen (secondary N) is 3. The molecule has 36 heavy (non-hydrogen) atoms. The van der Waals surface area contributed by atoms with E-state index in [1.165, 1.54) is 12.1 Å². The molecule has 1 aliphatic heterocycles. The first-order valence-corrected chi connectivity index (χ1v) is 13.0. The number of amides is 1. The fourth-order valence-electron chi connectivity index (χ4n) is 3.81. The first-order valence-electron chi connectivity index (χ1n) is 11.1. The maximum Gasteiger partial charge on any atom is 0.240 e. The number of sulfonamides is 1. The van der Waals surface area contributed by atoms with E-state index >= 15 is 0 Å². The highest BCUT2D eigenvalue weighted by atomic mass is 35.5. The van der Waals surface area contributed by atoms with Crippen molar-refractivity contribution >= 4 is 44.9 Å². The fourth-order valence-corrected chi connectivity index (χ4v) is 5.02. The second-order valence-electron chi connectivity index (χ2n) is 8.10. The maximum absolute atomic E-state index is 12.6. The largest absolute Gasteiger partial charge is 0.325 e. The van der Waals surface area contributed by atoms with Gasteiger partial charge in [-0.2, -0.15) is 0 Å². The lowest BCUT2D eigenvalue weighted by Gasteiger charge is -2.11. The molecule has 2 aromatic carbocycles. The summed E-state index contributed by atoms with van der Waals surface area (Å²) >= 11 is 6.10. The summed E-state index contributed by atoms with van der Waals surface area (Å²) in [6.07, 6.45) is 3.92. The number of hydrogen-bond acceptors (Lipinski definition) is 7. The van der Waals surface area contributed by atoms with Gasteiger partial charge in [0.05, 0.1) is 22.7 Å². The molecule has 9 nitrogen and oxygen atoms in total. The molecule has 0 fully saturated rings. The number of carbonyl (C=O) groups is 1. The van der Waals surface area contributed by atoms with E-state index < -0.39 is 10.0 Å². The van der Waals surface area contributed by atoms with Crippen molar-refractivity contribution in [3.63, 3.8) is 0 Å². The Kier molecular flexibility index (Phi) is 6.64. The molecule has 182 valence electrons. The molecule has 0 saturated carbocycles. The molecular formula is C25H21ClN6O3S. The Morgan fingerprint density at radius 1 is 1.03 bits per heavy atom. The Balaban J connectivity index is 1.31. The van der Waals surface area contributed by atoms with Gasteiger partial charge in [0.15, 0.2) is 0 Å². The number of pyridine rings is 1. The Bertz CT molecular complexity index is 1530. The number of hydrogen-bond donors (Lipinski definition) is 3. The van der Waals surface area contributed by atoms with Gasteiger partial charge in [-0.25, -0.2) is 23.1 Å². The first-order chi connectivity index (χ1) is 17.4. The summed E-state index contributed by atoms with van der Waals surface area (Å²) in [5.74, 6) is 0.139. The third-order valence-electron chi connectivity index (χ3n) is 5.55. The Labute approximate surface area is 213 Å². The Morgan fingerprint density at radius 2 is 1.86 bits per heavy atom. The SMILES string of the molecule is O=C1Cc2cnc(Nc3ccc(S(=O)(=O)NCCc4ccccn4)cc3)nc2-c2ccc(Cl)cc2N1. The van der Waals surface area contributed by atoms with Crippen LogP contribution < -0.4 is 15.4 Å². The number of anilines is 3. The molecule has 3 N–H and O–H groups in total. The second-order valence-corrected chi connectivity index (χ2v) is 10.3. The zero-order chi connectivity index (χ0) is 25.1. The number of aromatic nitrogens is 3.